The van der Waals surface area contributed by atoms with Gasteiger partial charge in [0.25, 0.3) is 0 Å². The molecule has 9 rings (SSSR count). The minimum atomic E-state index is -2.35. The van der Waals surface area contributed by atoms with Gasteiger partial charge < -0.3 is 49.4 Å². The number of likely N-dealkylation sites (tertiary alicyclic amines) is 1. The third-order valence-corrected chi connectivity index (χ3v) is 17.8. The number of piperidine rings is 1. The number of carbonyl (C=O) groups is 3. The first kappa shape index (κ1) is 44.7. The molecule has 1 aromatic rings. The van der Waals surface area contributed by atoms with Crippen LogP contribution in [0.15, 0.2) is 59.8 Å². The quantitative estimate of drug-likeness (QED) is 0.110. The van der Waals surface area contributed by atoms with E-state index < -0.39 is 69.6 Å². The van der Waals surface area contributed by atoms with Gasteiger partial charge in [-0.15, -0.1) is 11.8 Å². The second kappa shape index (κ2) is 16.5. The predicted molar refractivity (Wildman–Crippen MR) is 237 cm³/mol. The summed E-state index contributed by atoms with van der Waals surface area (Å²) in [4.78, 5) is 50.3. The third kappa shape index (κ3) is 6.36. The number of hydrogen-bond acceptors (Lipinski definition) is 15. The maximum Gasteiger partial charge on any atom is 0.344 e. The summed E-state index contributed by atoms with van der Waals surface area (Å²) < 4.78 is 24.5. The Morgan fingerprint density at radius 2 is 1.76 bits per heavy atom. The number of thioether (sulfide) groups is 1. The van der Waals surface area contributed by atoms with Crippen molar-refractivity contribution < 1.29 is 48.7 Å². The highest BCUT2D eigenvalue weighted by molar-refractivity contribution is 7.99. The number of benzene rings is 1. The van der Waals surface area contributed by atoms with Crippen molar-refractivity contribution in [1.82, 2.24) is 14.7 Å². The van der Waals surface area contributed by atoms with Crippen LogP contribution in [-0.2, 0) is 33.3 Å². The van der Waals surface area contributed by atoms with Crippen LogP contribution >= 0.6 is 11.8 Å². The Bertz CT molecular complexity index is 2080. The average molecular weight is 891 g/mol. The Balaban J connectivity index is 1.32. The average Bonchev–Trinajstić information content (AvgIpc) is 3.96. The molecule has 6 heterocycles. The number of allylic oxidation sites excluding steroid dienone is 1. The largest absolute Gasteiger partial charge is 0.469 e. The molecule has 1 saturated carbocycles. The predicted octanol–water partition coefficient (Wildman–Crippen LogP) is 3.68. The van der Waals surface area contributed by atoms with Gasteiger partial charge >= 0.3 is 17.9 Å². The number of methoxy groups -OCH3 is 3. The van der Waals surface area contributed by atoms with Crippen LogP contribution in [0.2, 0.25) is 0 Å². The molecule has 1 aromatic carbocycles. The molecular weight excluding hydrogens is 825 g/mol. The zero-order chi connectivity index (χ0) is 44.7. The van der Waals surface area contributed by atoms with E-state index >= 15 is 4.79 Å². The van der Waals surface area contributed by atoms with Crippen molar-refractivity contribution in [3.8, 4) is 0 Å². The monoisotopic (exact) mass is 890 g/mol. The molecular formula is C48H66N4O10S. The lowest BCUT2D eigenvalue weighted by molar-refractivity contribution is -0.243. The van der Waals surface area contributed by atoms with Crippen LogP contribution in [0, 0.1) is 28.1 Å². The van der Waals surface area contributed by atoms with Crippen molar-refractivity contribution in [2.75, 3.05) is 77.6 Å². The maximum absolute atomic E-state index is 15.5. The molecule has 8 aliphatic rings. The van der Waals surface area contributed by atoms with Crippen LogP contribution in [-0.4, -0.2) is 162 Å². The first-order valence-corrected chi connectivity index (χ1v) is 24.1. The summed E-state index contributed by atoms with van der Waals surface area (Å²) in [6, 6.07) is 6.62. The molecule has 14 atom stereocenters. The van der Waals surface area contributed by atoms with Crippen LogP contribution < -0.4 is 5.32 Å². The summed E-state index contributed by atoms with van der Waals surface area (Å²) >= 11 is 1.48. The van der Waals surface area contributed by atoms with E-state index in [1.54, 1.807) is 7.11 Å². The summed E-state index contributed by atoms with van der Waals surface area (Å²) in [5.41, 5.74) is -2.59. The van der Waals surface area contributed by atoms with Crippen molar-refractivity contribution in [3.63, 3.8) is 0 Å². The fourth-order valence-electron chi connectivity index (χ4n) is 14.7. The molecule has 14 nitrogen and oxygen atoms in total. The zero-order valence-electron chi connectivity index (χ0n) is 37.6. The van der Waals surface area contributed by atoms with E-state index in [4.69, 9.17) is 18.9 Å². The summed E-state index contributed by atoms with van der Waals surface area (Å²) in [5.74, 6) is -1.88. The smallest absolute Gasteiger partial charge is 0.344 e. The lowest BCUT2D eigenvalue weighted by Gasteiger charge is -2.63. The van der Waals surface area contributed by atoms with Gasteiger partial charge in [-0.25, -0.2) is 4.79 Å². The van der Waals surface area contributed by atoms with E-state index in [0.29, 0.717) is 63.4 Å². The van der Waals surface area contributed by atoms with Gasteiger partial charge in [0.05, 0.1) is 49.9 Å². The molecule has 4 N–H and O–H groups in total. The molecule has 344 valence electrons. The fraction of sp³-hybridized carbons (Fsp3) is 0.688. The zero-order valence-corrected chi connectivity index (χ0v) is 38.4. The van der Waals surface area contributed by atoms with Crippen molar-refractivity contribution in [1.29, 1.82) is 0 Å². The highest BCUT2D eigenvalue weighted by Gasteiger charge is 2.82. The van der Waals surface area contributed by atoms with Crippen LogP contribution in [0.25, 0.3) is 0 Å². The second-order valence-corrected chi connectivity index (χ2v) is 20.7. The molecule has 1 spiro atoms. The highest BCUT2D eigenvalue weighted by Crippen LogP contribution is 2.71. The molecule has 4 saturated heterocycles. The number of fused-ring (bicyclic) bond motifs is 6. The summed E-state index contributed by atoms with van der Waals surface area (Å²) in [7, 11) is 4.39. The number of hydrogen-bond donors (Lipinski definition) is 4. The normalized spacial score (nSPS) is 42.1. The summed E-state index contributed by atoms with van der Waals surface area (Å²) in [5, 5.41) is 39.7. The van der Waals surface area contributed by atoms with Crippen LogP contribution in [0.3, 0.4) is 0 Å². The van der Waals surface area contributed by atoms with Crippen molar-refractivity contribution in [2.24, 2.45) is 28.1 Å². The number of aliphatic hydroxyl groups is 3. The molecule has 5 unspecified atom stereocenters. The van der Waals surface area contributed by atoms with Crippen molar-refractivity contribution in [3.05, 3.63) is 65.4 Å². The standard InChI is InChI=1S/C48H66N4O10S/c1-7-44(57)24-30-25-47(42(55)60-5,38-32(14-18-50(26-30)27-44)31-12-9-10-13-35(31)49-38)34-22-33-36(23-37(34)59-4)52(28-63-21-20-53)40-46(33)16-19-51-17-11-15-45(8-2,39(46)51)41(62-29(3)54)48(40,58)43(56)61-6/h9-13,15,22-23,30,32,34,37-41,49,53,57-58H,7-8,14,16-21,24-28H2,1-6H3/t30-,32?,34?,37?,38?,39-,40+,41+,44-,45+,46+,47-,48-/m0/s1. The number of anilines is 1. The lowest BCUT2D eigenvalue weighted by Crippen LogP contribution is -2.80. The summed E-state index contributed by atoms with van der Waals surface area (Å²) in [6.07, 6.45) is 9.82. The number of para-hydroxylation sites is 1. The van der Waals surface area contributed by atoms with Gasteiger partial charge in [-0.2, -0.15) is 0 Å². The minimum Gasteiger partial charge on any atom is -0.469 e. The van der Waals surface area contributed by atoms with E-state index in [1.165, 1.54) is 32.9 Å². The Morgan fingerprint density at radius 1 is 0.984 bits per heavy atom. The fourth-order valence-corrected chi connectivity index (χ4v) is 15.4. The highest BCUT2D eigenvalue weighted by atomic mass is 32.2. The molecule has 2 bridgehead atoms. The summed E-state index contributed by atoms with van der Waals surface area (Å²) in [6.45, 7) is 8.66. The molecule has 0 aromatic heterocycles. The first-order chi connectivity index (χ1) is 30.3. The molecule has 0 amide bonds. The van der Waals surface area contributed by atoms with Gasteiger partial charge in [-0.05, 0) is 80.8 Å². The minimum absolute atomic E-state index is 0.0593. The van der Waals surface area contributed by atoms with E-state index in [-0.39, 0.29) is 30.5 Å². The van der Waals surface area contributed by atoms with Gasteiger partial charge in [0, 0.05) is 85.6 Å². The number of rotatable bonds is 11. The van der Waals surface area contributed by atoms with Crippen molar-refractivity contribution in [2.45, 2.75) is 107 Å². The van der Waals surface area contributed by atoms with Crippen LogP contribution in [0.4, 0.5) is 5.69 Å². The molecule has 5 fully saturated rings. The Morgan fingerprint density at radius 3 is 2.46 bits per heavy atom. The number of ether oxygens (including phenoxy) is 4. The van der Waals surface area contributed by atoms with Gasteiger partial charge in [-0.3, -0.25) is 14.5 Å². The molecule has 63 heavy (non-hydrogen) atoms. The van der Waals surface area contributed by atoms with Crippen molar-refractivity contribution >= 4 is 35.4 Å². The molecule has 15 heteroatoms. The molecule has 6 aliphatic heterocycles. The van der Waals surface area contributed by atoms with Gasteiger partial charge in [0.2, 0.25) is 5.60 Å². The van der Waals surface area contributed by atoms with E-state index in [9.17, 15) is 24.9 Å². The number of nitrogens with zero attached hydrogens (tertiary/aromatic N) is 3. The lowest BCUT2D eigenvalue weighted by atomic mass is 9.47. The Labute approximate surface area is 375 Å². The molecule has 2 aliphatic carbocycles. The number of esters is 3. The Kier molecular flexibility index (Phi) is 11.7. The van der Waals surface area contributed by atoms with Crippen LogP contribution in [0.5, 0.6) is 0 Å². The number of aliphatic hydroxyl groups excluding tert-OH is 1. The topological polar surface area (TPSA) is 171 Å². The number of carbonyl (C=O) groups excluding carboxylic acids is 3. The van der Waals surface area contributed by atoms with E-state index in [2.05, 4.69) is 62.5 Å². The van der Waals surface area contributed by atoms with Gasteiger partial charge in [-0.1, -0.05) is 50.3 Å². The Hall–Kier alpha value is -3.44. The first-order valence-electron chi connectivity index (χ1n) is 23.0. The maximum atomic E-state index is 15.5. The van der Waals surface area contributed by atoms with Gasteiger partial charge in [0.15, 0.2) is 6.10 Å². The molecule has 0 radical (unpaired) electrons. The second-order valence-electron chi connectivity index (χ2n) is 19.6. The third-order valence-electron chi connectivity index (χ3n) is 16.8. The number of nitrogens with one attached hydrogen (secondary N) is 1. The van der Waals surface area contributed by atoms with Crippen LogP contribution in [0.1, 0.15) is 70.8 Å². The van der Waals surface area contributed by atoms with Gasteiger partial charge in [0.1, 0.15) is 0 Å². The van der Waals surface area contributed by atoms with E-state index in [0.717, 1.165) is 42.0 Å². The SMILES string of the molecule is CC[C@]1(O)C[C@@H]2CN(CCC3c4ccccc4NC3[C@@](C(=O)OC)(C3C=C4C(=CC3OC)N(CSCCO)[C@H]3[C@@](O)(C(=O)OC)[C@H](OC(C)=O)[C@]5(CC)C=CCN6CC[C@]43[C@@H]65)C2)C1. The van der Waals surface area contributed by atoms with E-state index in [1.807, 2.05) is 19.9 Å².